The summed E-state index contributed by atoms with van der Waals surface area (Å²) >= 11 is 0. The van der Waals surface area contributed by atoms with Gasteiger partial charge in [0.05, 0.1) is 52.4 Å². The smallest absolute Gasteiger partial charge is 0.316 e. The van der Waals surface area contributed by atoms with Crippen molar-refractivity contribution in [1.82, 2.24) is 5.32 Å². The molecule has 0 saturated heterocycles. The summed E-state index contributed by atoms with van der Waals surface area (Å²) in [6.45, 7) is 17.1. The average molecular weight is 780 g/mol. The standard InChI is InChI=1S/C42H53NO13/c1-19-14-13-15-20(2)39(50)43-26-18-27(45)29-30(34(26)48)36(55-40(51)41(8,9)10)24(6)37-31(29)38(49)42(11,56-37)53-17-16-28(52-12)21(3)35(54-25(7)44)23(5)33(47)22(4)32(19)46/h13-19,21-23,28,32-33,35,46-47H,1-12H3,(H,43,50)/t19-,21+,22+,23-,28-,32-,33-,35+,42-/m0/s1. The molecular formula is C42H53NO13. The van der Waals surface area contributed by atoms with Crippen LogP contribution in [0.5, 0.6) is 11.5 Å². The molecule has 4 aliphatic rings. The predicted molar refractivity (Wildman–Crippen MR) is 203 cm³/mol. The lowest BCUT2D eigenvalue weighted by atomic mass is 9.78. The number of rotatable bonds is 3. The number of hydrogen-bond donors (Lipinski definition) is 3. The number of ether oxygens (including phenoxy) is 5. The number of benzene rings is 1. The van der Waals surface area contributed by atoms with Crippen LogP contribution in [0.1, 0.15) is 106 Å². The van der Waals surface area contributed by atoms with Gasteiger partial charge in [-0.1, -0.05) is 45.9 Å². The van der Waals surface area contributed by atoms with Gasteiger partial charge in [-0.2, -0.15) is 0 Å². The normalized spacial score (nSPS) is 30.2. The molecule has 0 radical (unpaired) electrons. The summed E-state index contributed by atoms with van der Waals surface area (Å²) in [7, 11) is 1.42. The topological polar surface area (TPSA) is 201 Å². The van der Waals surface area contributed by atoms with Crippen molar-refractivity contribution in [3.8, 4) is 11.5 Å². The Kier molecular flexibility index (Phi) is 13.0. The lowest BCUT2D eigenvalue weighted by Crippen LogP contribution is -2.46. The highest BCUT2D eigenvalue weighted by Crippen LogP contribution is 2.48. The maximum Gasteiger partial charge on any atom is 0.316 e. The molecule has 1 aliphatic carbocycles. The van der Waals surface area contributed by atoms with Gasteiger partial charge in [0.15, 0.2) is 5.78 Å². The van der Waals surface area contributed by atoms with Crippen LogP contribution < -0.4 is 14.8 Å². The first kappa shape index (κ1) is 43.8. The Bertz CT molecular complexity index is 1930. The van der Waals surface area contributed by atoms with Crippen LogP contribution in [0.2, 0.25) is 0 Å². The number of nitrogens with one attached hydrogen (secondary N) is 1. The van der Waals surface area contributed by atoms with Crippen LogP contribution in [0.3, 0.4) is 0 Å². The SMILES string of the molecule is CO[C@H]1C=CO[C@@]2(C)Oc3c(C)c(OC(=O)C(C)(C)C)c4c(c3C2=O)C(=O)C=C(NC(=O)C(C)=CC=C[C@H](C)[C@H](O)[C@@H](C)[C@H](O)[C@H](C)[C@H](OC(C)=O)[C@@H]1C)C4=O. The lowest BCUT2D eigenvalue weighted by Gasteiger charge is -2.38. The molecule has 14 nitrogen and oxygen atoms in total. The number of esters is 2. The molecule has 0 aromatic heterocycles. The number of aliphatic hydroxyl groups is 2. The molecule has 1 aromatic carbocycles. The molecule has 0 spiro atoms. The minimum Gasteiger partial charge on any atom is -0.462 e. The van der Waals surface area contributed by atoms with Crippen molar-refractivity contribution in [3.05, 3.63) is 70.2 Å². The van der Waals surface area contributed by atoms with Crippen molar-refractivity contribution in [2.24, 2.45) is 29.1 Å². The van der Waals surface area contributed by atoms with E-state index in [1.165, 1.54) is 47.0 Å². The Hall–Kier alpha value is -4.92. The van der Waals surface area contributed by atoms with E-state index in [9.17, 15) is 39.0 Å². The van der Waals surface area contributed by atoms with Crippen LogP contribution in [0.4, 0.5) is 0 Å². The van der Waals surface area contributed by atoms with Crippen molar-refractivity contribution in [3.63, 3.8) is 0 Å². The van der Waals surface area contributed by atoms with E-state index in [0.717, 1.165) is 12.3 Å². The number of methoxy groups -OCH3 is 1. The van der Waals surface area contributed by atoms with Gasteiger partial charge in [0.2, 0.25) is 5.78 Å². The molecule has 3 aliphatic heterocycles. The van der Waals surface area contributed by atoms with Crippen LogP contribution in [0.15, 0.2) is 47.9 Å². The number of hydrogen-bond acceptors (Lipinski definition) is 13. The molecule has 56 heavy (non-hydrogen) atoms. The fourth-order valence-electron chi connectivity index (χ4n) is 6.98. The van der Waals surface area contributed by atoms with E-state index < -0.39 is 106 Å². The average Bonchev–Trinajstić information content (AvgIpc) is 3.39. The third-order valence-corrected chi connectivity index (χ3v) is 10.6. The molecule has 304 valence electrons. The lowest BCUT2D eigenvalue weighted by molar-refractivity contribution is -0.160. The van der Waals surface area contributed by atoms with Crippen molar-refractivity contribution in [1.29, 1.82) is 0 Å². The highest BCUT2D eigenvalue weighted by Gasteiger charge is 2.52. The van der Waals surface area contributed by atoms with Gasteiger partial charge in [-0.3, -0.25) is 28.8 Å². The van der Waals surface area contributed by atoms with Crippen LogP contribution in [-0.2, 0) is 28.6 Å². The second kappa shape index (κ2) is 16.7. The van der Waals surface area contributed by atoms with Crippen LogP contribution in [-0.4, -0.2) is 82.7 Å². The zero-order chi connectivity index (χ0) is 42.2. The molecule has 5 rings (SSSR count). The number of aliphatic hydroxyl groups excluding tert-OH is 2. The maximum absolute atomic E-state index is 14.2. The maximum atomic E-state index is 14.2. The van der Waals surface area contributed by atoms with E-state index in [4.69, 9.17) is 23.7 Å². The van der Waals surface area contributed by atoms with E-state index >= 15 is 0 Å². The number of ketones is 3. The summed E-state index contributed by atoms with van der Waals surface area (Å²) in [6, 6.07) is 0. The second-order valence-electron chi connectivity index (χ2n) is 16.0. The van der Waals surface area contributed by atoms with Crippen molar-refractivity contribution >= 4 is 35.2 Å². The highest BCUT2D eigenvalue weighted by atomic mass is 16.7. The van der Waals surface area contributed by atoms with Gasteiger partial charge in [-0.15, -0.1) is 0 Å². The molecule has 3 heterocycles. The fraction of sp³-hybridized carbons (Fsp3) is 0.524. The number of Topliss-reactive ketones (excluding diaryl/α,β-unsaturated/α-hetero) is 2. The molecule has 0 unspecified atom stereocenters. The molecule has 14 heteroatoms. The Labute approximate surface area is 326 Å². The number of carbonyl (C=O) groups is 6. The zero-order valence-corrected chi connectivity index (χ0v) is 34.0. The van der Waals surface area contributed by atoms with Gasteiger partial charge in [0.25, 0.3) is 11.7 Å². The van der Waals surface area contributed by atoms with E-state index in [-0.39, 0.29) is 33.8 Å². The summed E-state index contributed by atoms with van der Waals surface area (Å²) in [5, 5.41) is 25.2. The first-order chi connectivity index (χ1) is 26.0. The molecule has 1 amide bonds. The Morgan fingerprint density at radius 1 is 0.911 bits per heavy atom. The van der Waals surface area contributed by atoms with Gasteiger partial charge in [0.1, 0.15) is 17.6 Å². The van der Waals surface area contributed by atoms with E-state index in [2.05, 4.69) is 5.32 Å². The molecule has 3 N–H and O–H groups in total. The van der Waals surface area contributed by atoms with Gasteiger partial charge in [0, 0.05) is 61.8 Å². The second-order valence-corrected chi connectivity index (χ2v) is 16.0. The minimum atomic E-state index is -2.09. The Balaban J connectivity index is 1.91. The third kappa shape index (κ3) is 8.57. The summed E-state index contributed by atoms with van der Waals surface area (Å²) in [6.07, 6.45) is 4.23. The van der Waals surface area contributed by atoms with Crippen molar-refractivity contribution < 1.29 is 62.7 Å². The van der Waals surface area contributed by atoms with E-state index in [1.807, 2.05) is 0 Å². The van der Waals surface area contributed by atoms with E-state index in [1.54, 1.807) is 60.6 Å². The number of amides is 1. The minimum absolute atomic E-state index is 0.0622. The van der Waals surface area contributed by atoms with Crippen molar-refractivity contribution in [2.45, 2.75) is 106 Å². The molecule has 9 atom stereocenters. The summed E-state index contributed by atoms with van der Waals surface area (Å²) < 4.78 is 29.3. The quantitative estimate of drug-likeness (QED) is 0.277. The molecule has 0 fully saturated rings. The first-order valence-corrected chi connectivity index (χ1v) is 18.5. The monoisotopic (exact) mass is 779 g/mol. The summed E-state index contributed by atoms with van der Waals surface area (Å²) in [5.41, 5.74) is -2.30. The molecule has 1 aromatic rings. The number of fused-ring (bicyclic) bond motifs is 14. The predicted octanol–water partition coefficient (Wildman–Crippen LogP) is 4.88. The van der Waals surface area contributed by atoms with Gasteiger partial charge >= 0.3 is 17.7 Å². The largest absolute Gasteiger partial charge is 0.462 e. The zero-order valence-electron chi connectivity index (χ0n) is 34.0. The Morgan fingerprint density at radius 2 is 1.55 bits per heavy atom. The van der Waals surface area contributed by atoms with Crippen molar-refractivity contribution in [2.75, 3.05) is 7.11 Å². The van der Waals surface area contributed by atoms with Crippen LogP contribution in [0.25, 0.3) is 0 Å². The fourth-order valence-corrected chi connectivity index (χ4v) is 6.98. The van der Waals surface area contributed by atoms with Gasteiger partial charge in [-0.05, 0) is 40.7 Å². The van der Waals surface area contributed by atoms with Crippen LogP contribution in [0, 0.1) is 36.0 Å². The first-order valence-electron chi connectivity index (χ1n) is 18.5. The van der Waals surface area contributed by atoms with E-state index in [0.29, 0.717) is 0 Å². The van der Waals surface area contributed by atoms with Crippen LogP contribution >= 0.6 is 0 Å². The molecular weight excluding hydrogens is 726 g/mol. The number of allylic oxidation sites excluding steroid dienone is 4. The molecule has 5 bridgehead atoms. The Morgan fingerprint density at radius 3 is 2.14 bits per heavy atom. The number of carbonyl (C=O) groups excluding carboxylic acids is 6. The van der Waals surface area contributed by atoms with Gasteiger partial charge < -0.3 is 39.2 Å². The summed E-state index contributed by atoms with van der Waals surface area (Å²) in [4.78, 5) is 81.2. The molecule has 0 saturated carbocycles. The van der Waals surface area contributed by atoms with Gasteiger partial charge in [-0.25, -0.2) is 0 Å². The highest BCUT2D eigenvalue weighted by molar-refractivity contribution is 6.31. The third-order valence-electron chi connectivity index (χ3n) is 10.6. The summed E-state index contributed by atoms with van der Waals surface area (Å²) in [5.74, 6) is -9.66.